The molecule has 0 radical (unpaired) electrons. The summed E-state index contributed by atoms with van der Waals surface area (Å²) in [5, 5.41) is 10.4. The van der Waals surface area contributed by atoms with Crippen LogP contribution in [0.5, 0.6) is 0 Å². The van der Waals surface area contributed by atoms with Crippen LogP contribution in [-0.4, -0.2) is 20.2 Å². The van der Waals surface area contributed by atoms with Crippen molar-refractivity contribution in [2.45, 2.75) is 25.3 Å². The van der Waals surface area contributed by atoms with Crippen LogP contribution in [0.4, 0.5) is 5.82 Å². The molecule has 0 amide bonds. The molecule has 0 bridgehead atoms. The Hall–Kier alpha value is -1.62. The van der Waals surface area contributed by atoms with E-state index < -0.39 is 0 Å². The van der Waals surface area contributed by atoms with Crippen LogP contribution in [0.1, 0.15) is 30.1 Å². The van der Waals surface area contributed by atoms with Gasteiger partial charge in [-0.1, -0.05) is 11.6 Å². The minimum absolute atomic E-state index is 0.497. The average Bonchev–Trinajstić information content (AvgIpc) is 3.04. The highest BCUT2D eigenvalue weighted by molar-refractivity contribution is 6.29. The molecule has 0 unspecified atom stereocenters. The van der Waals surface area contributed by atoms with E-state index in [1.54, 1.807) is 12.3 Å². The van der Waals surface area contributed by atoms with Crippen molar-refractivity contribution >= 4 is 17.4 Å². The lowest BCUT2D eigenvalue weighted by Gasteiger charge is -2.06. The van der Waals surface area contributed by atoms with Crippen molar-refractivity contribution in [3.63, 3.8) is 0 Å². The number of rotatable bonds is 4. The summed E-state index contributed by atoms with van der Waals surface area (Å²) in [6.07, 6.45) is 5.96. The first-order valence-corrected chi connectivity index (χ1v) is 5.95. The molecule has 3 rings (SSSR count). The summed E-state index contributed by atoms with van der Waals surface area (Å²) >= 11 is 5.97. The zero-order valence-electron chi connectivity index (χ0n) is 9.15. The third-order valence-electron chi connectivity index (χ3n) is 2.68. The Morgan fingerprint density at radius 1 is 1.41 bits per heavy atom. The summed E-state index contributed by atoms with van der Waals surface area (Å²) in [5.41, 5.74) is 1.08. The summed E-state index contributed by atoms with van der Waals surface area (Å²) in [6, 6.07) is 1.74. The maximum atomic E-state index is 5.97. The van der Waals surface area contributed by atoms with E-state index in [-0.39, 0.29) is 0 Å². The molecule has 1 aliphatic rings. The molecular weight excluding hydrogens is 238 g/mol. The molecule has 2 heterocycles. The Kier molecular flexibility index (Phi) is 2.68. The zero-order chi connectivity index (χ0) is 11.7. The summed E-state index contributed by atoms with van der Waals surface area (Å²) < 4.78 is 0. The number of anilines is 1. The molecule has 88 valence electrons. The smallest absolute Gasteiger partial charge is 0.135 e. The second-order valence-corrected chi connectivity index (χ2v) is 4.56. The quantitative estimate of drug-likeness (QED) is 0.817. The molecule has 5 nitrogen and oxygen atoms in total. The van der Waals surface area contributed by atoms with Gasteiger partial charge in [0, 0.05) is 30.3 Å². The molecule has 2 aromatic rings. The molecule has 0 aliphatic heterocycles. The van der Waals surface area contributed by atoms with Crippen molar-refractivity contribution in [2.75, 3.05) is 5.32 Å². The number of hydrogen-bond acceptors (Lipinski definition) is 4. The van der Waals surface area contributed by atoms with Gasteiger partial charge in [-0.3, -0.25) is 5.10 Å². The van der Waals surface area contributed by atoms with Crippen molar-refractivity contribution in [2.24, 2.45) is 0 Å². The van der Waals surface area contributed by atoms with Crippen LogP contribution in [0.3, 0.4) is 0 Å². The molecule has 0 saturated heterocycles. The van der Waals surface area contributed by atoms with Gasteiger partial charge in [-0.15, -0.1) is 0 Å². The fourth-order valence-corrected chi connectivity index (χ4v) is 1.81. The molecule has 1 saturated carbocycles. The summed E-state index contributed by atoms with van der Waals surface area (Å²) in [5.74, 6) is 2.13. The first-order valence-electron chi connectivity index (χ1n) is 5.57. The second-order valence-electron chi connectivity index (χ2n) is 4.17. The number of nitrogens with one attached hydrogen (secondary N) is 2. The van der Waals surface area contributed by atoms with E-state index >= 15 is 0 Å². The van der Waals surface area contributed by atoms with Crippen molar-refractivity contribution in [1.82, 2.24) is 20.2 Å². The van der Waals surface area contributed by atoms with E-state index in [4.69, 9.17) is 11.6 Å². The van der Waals surface area contributed by atoms with Gasteiger partial charge in [-0.25, -0.2) is 9.97 Å². The van der Waals surface area contributed by atoms with Gasteiger partial charge < -0.3 is 5.32 Å². The number of hydrogen-bond donors (Lipinski definition) is 2. The average molecular weight is 250 g/mol. The number of nitrogens with zero attached hydrogens (tertiary/aromatic N) is 3. The minimum atomic E-state index is 0.497. The highest BCUT2D eigenvalue weighted by Crippen LogP contribution is 2.38. The van der Waals surface area contributed by atoms with Gasteiger partial charge in [0.25, 0.3) is 0 Å². The zero-order valence-corrected chi connectivity index (χ0v) is 9.91. The van der Waals surface area contributed by atoms with E-state index in [1.165, 1.54) is 12.8 Å². The number of aromatic nitrogens is 4. The van der Waals surface area contributed by atoms with Crippen molar-refractivity contribution < 1.29 is 0 Å². The minimum Gasteiger partial charge on any atom is -0.366 e. The lowest BCUT2D eigenvalue weighted by molar-refractivity contribution is 0.921. The molecule has 1 fully saturated rings. The van der Waals surface area contributed by atoms with Gasteiger partial charge in [0.1, 0.15) is 16.8 Å². The maximum absolute atomic E-state index is 5.97. The molecule has 0 spiro atoms. The lowest BCUT2D eigenvalue weighted by Crippen LogP contribution is -2.03. The van der Waals surface area contributed by atoms with Crippen LogP contribution in [0, 0.1) is 0 Å². The van der Waals surface area contributed by atoms with Crippen molar-refractivity contribution in [1.29, 1.82) is 0 Å². The highest BCUT2D eigenvalue weighted by atomic mass is 35.5. The van der Waals surface area contributed by atoms with Crippen molar-refractivity contribution in [3.05, 3.63) is 35.0 Å². The molecule has 2 aromatic heterocycles. The lowest BCUT2D eigenvalue weighted by atomic mass is 10.3. The van der Waals surface area contributed by atoms with Crippen LogP contribution < -0.4 is 5.32 Å². The third-order valence-corrected chi connectivity index (χ3v) is 2.88. The van der Waals surface area contributed by atoms with Gasteiger partial charge in [-0.2, -0.15) is 5.10 Å². The Labute approximate surface area is 104 Å². The molecule has 2 N–H and O–H groups in total. The molecule has 17 heavy (non-hydrogen) atoms. The van der Waals surface area contributed by atoms with E-state index in [0.717, 1.165) is 17.2 Å². The van der Waals surface area contributed by atoms with Crippen LogP contribution in [0.25, 0.3) is 0 Å². The maximum Gasteiger partial charge on any atom is 0.135 e. The topological polar surface area (TPSA) is 66.5 Å². The summed E-state index contributed by atoms with van der Waals surface area (Å²) in [7, 11) is 0. The Bertz CT molecular complexity index is 507. The molecule has 0 atom stereocenters. The largest absolute Gasteiger partial charge is 0.366 e. The standard InChI is InChI=1S/C11H12ClN5/c12-9-3-10(13-4-7-5-14-15-6-7)17-11(16-9)8-1-2-8/h3,5-6,8H,1-2,4H2,(H,14,15)(H,13,16,17). The normalized spacial score (nSPS) is 14.9. The van der Waals surface area contributed by atoms with Gasteiger partial charge >= 0.3 is 0 Å². The van der Waals surface area contributed by atoms with Gasteiger partial charge in [0.05, 0.1) is 6.20 Å². The Balaban J connectivity index is 1.73. The SMILES string of the molecule is Clc1cc(NCc2cn[nH]c2)nc(C2CC2)n1. The van der Waals surface area contributed by atoms with Crippen LogP contribution >= 0.6 is 11.6 Å². The number of H-pyrrole nitrogens is 1. The predicted molar refractivity (Wildman–Crippen MR) is 64.9 cm³/mol. The molecule has 6 heteroatoms. The predicted octanol–water partition coefficient (Wildman–Crippen LogP) is 2.34. The van der Waals surface area contributed by atoms with Crippen LogP contribution in [0.2, 0.25) is 5.15 Å². The van der Waals surface area contributed by atoms with Gasteiger partial charge in [0.2, 0.25) is 0 Å². The fraction of sp³-hybridized carbons (Fsp3) is 0.364. The van der Waals surface area contributed by atoms with Gasteiger partial charge in [0.15, 0.2) is 0 Å². The monoisotopic (exact) mass is 249 g/mol. The van der Waals surface area contributed by atoms with Crippen LogP contribution in [0.15, 0.2) is 18.5 Å². The molecule has 1 aliphatic carbocycles. The van der Waals surface area contributed by atoms with Crippen molar-refractivity contribution in [3.8, 4) is 0 Å². The number of halogens is 1. The summed E-state index contributed by atoms with van der Waals surface area (Å²) in [6.45, 7) is 0.675. The Morgan fingerprint density at radius 3 is 3.00 bits per heavy atom. The van der Waals surface area contributed by atoms with E-state index in [9.17, 15) is 0 Å². The molecule has 0 aromatic carbocycles. The highest BCUT2D eigenvalue weighted by Gasteiger charge is 2.27. The van der Waals surface area contributed by atoms with E-state index in [1.807, 2.05) is 6.20 Å². The Morgan fingerprint density at radius 2 is 2.29 bits per heavy atom. The van der Waals surface area contributed by atoms with Crippen LogP contribution in [-0.2, 0) is 6.54 Å². The van der Waals surface area contributed by atoms with E-state index in [0.29, 0.717) is 17.6 Å². The van der Waals surface area contributed by atoms with E-state index in [2.05, 4.69) is 25.5 Å². The first kappa shape index (κ1) is 10.5. The molecular formula is C11H12ClN5. The number of aromatic amines is 1. The summed E-state index contributed by atoms with van der Waals surface area (Å²) in [4.78, 5) is 8.69. The second kappa shape index (κ2) is 4.33. The first-order chi connectivity index (χ1) is 8.31. The fourth-order valence-electron chi connectivity index (χ4n) is 1.62. The van der Waals surface area contributed by atoms with Gasteiger partial charge in [-0.05, 0) is 12.8 Å². The third kappa shape index (κ3) is 2.55.